The fourth-order valence-corrected chi connectivity index (χ4v) is 2.04. The van der Waals surface area contributed by atoms with Crippen molar-refractivity contribution in [3.05, 3.63) is 59.7 Å². The van der Waals surface area contributed by atoms with Gasteiger partial charge < -0.3 is 9.90 Å². The Morgan fingerprint density at radius 2 is 1.70 bits per heavy atom. The number of aliphatic carboxylic acids is 1. The number of carboxylic acids is 1. The van der Waals surface area contributed by atoms with Gasteiger partial charge in [0.05, 0.1) is 0 Å². The third-order valence-electron chi connectivity index (χ3n) is 3.34. The molecule has 2 aromatic carbocycles. The van der Waals surface area contributed by atoms with E-state index in [-0.39, 0.29) is 69.2 Å². The molecule has 0 bridgehead atoms. The third-order valence-corrected chi connectivity index (χ3v) is 3.34. The largest absolute Gasteiger partial charge is 1.00 e. The molecular formula is C17H13F2KO3. The minimum Gasteiger partial charge on any atom is -0.550 e. The molecule has 0 spiro atoms. The molecule has 0 saturated heterocycles. The Bertz CT molecular complexity index is 714. The van der Waals surface area contributed by atoms with E-state index in [0.717, 1.165) is 12.1 Å². The number of carbonyl (C=O) groups excluding carboxylic acids is 2. The van der Waals surface area contributed by atoms with Crippen LogP contribution in [0.2, 0.25) is 0 Å². The fourth-order valence-electron chi connectivity index (χ4n) is 2.04. The molecule has 23 heavy (non-hydrogen) atoms. The Morgan fingerprint density at radius 3 is 2.22 bits per heavy atom. The Kier molecular flexibility index (Phi) is 7.70. The summed E-state index contributed by atoms with van der Waals surface area (Å²) in [6.07, 6.45) is -0.160. The van der Waals surface area contributed by atoms with Crippen molar-refractivity contribution in [1.29, 1.82) is 0 Å². The molecule has 0 fully saturated rings. The van der Waals surface area contributed by atoms with Gasteiger partial charge in [0.2, 0.25) is 0 Å². The number of benzene rings is 2. The van der Waals surface area contributed by atoms with Crippen LogP contribution < -0.4 is 56.5 Å². The molecule has 1 atom stereocenters. The molecule has 0 radical (unpaired) electrons. The van der Waals surface area contributed by atoms with Crippen LogP contribution in [0.15, 0.2) is 42.5 Å². The van der Waals surface area contributed by atoms with Crippen molar-refractivity contribution in [3.8, 4) is 11.1 Å². The molecule has 0 aromatic heterocycles. The number of Topliss-reactive ketones (excluding diaryl/α,β-unsaturated/α-hetero) is 1. The summed E-state index contributed by atoms with van der Waals surface area (Å²) in [5, 5.41) is 10.6. The molecular weight excluding hydrogens is 329 g/mol. The minimum atomic E-state index is -1.28. The predicted octanol–water partition coefficient (Wildman–Crippen LogP) is -0.405. The predicted molar refractivity (Wildman–Crippen MR) is 74.9 cm³/mol. The van der Waals surface area contributed by atoms with E-state index in [1.807, 2.05) is 0 Å². The van der Waals surface area contributed by atoms with Crippen molar-refractivity contribution in [3.63, 3.8) is 0 Å². The number of hydrogen-bond acceptors (Lipinski definition) is 3. The first-order chi connectivity index (χ1) is 10.4. The van der Waals surface area contributed by atoms with Gasteiger partial charge in [0.15, 0.2) is 5.78 Å². The van der Waals surface area contributed by atoms with Gasteiger partial charge in [-0.2, -0.15) is 0 Å². The van der Waals surface area contributed by atoms with Crippen molar-refractivity contribution in [1.82, 2.24) is 0 Å². The van der Waals surface area contributed by atoms with Crippen LogP contribution in [0, 0.1) is 17.6 Å². The Labute approximate surface area is 175 Å². The molecule has 114 valence electrons. The van der Waals surface area contributed by atoms with Crippen LogP contribution in [0.1, 0.15) is 23.7 Å². The maximum absolute atomic E-state index is 13.7. The van der Waals surface area contributed by atoms with Crippen LogP contribution in [-0.2, 0) is 4.79 Å². The van der Waals surface area contributed by atoms with Gasteiger partial charge in [-0.25, -0.2) is 8.78 Å². The van der Waals surface area contributed by atoms with Crippen molar-refractivity contribution < 1.29 is 74.9 Å². The average molecular weight is 342 g/mol. The first-order valence-electron chi connectivity index (χ1n) is 6.68. The van der Waals surface area contributed by atoms with Crippen molar-refractivity contribution in [2.75, 3.05) is 0 Å². The summed E-state index contributed by atoms with van der Waals surface area (Å²) < 4.78 is 26.6. The second kappa shape index (κ2) is 8.80. The monoisotopic (exact) mass is 342 g/mol. The van der Waals surface area contributed by atoms with E-state index in [0.29, 0.717) is 11.1 Å². The molecule has 0 aliphatic rings. The molecule has 2 aromatic rings. The van der Waals surface area contributed by atoms with E-state index < -0.39 is 23.5 Å². The molecule has 0 aliphatic heterocycles. The minimum absolute atomic E-state index is 0. The van der Waals surface area contributed by atoms with Crippen LogP contribution in [-0.4, -0.2) is 11.8 Å². The molecule has 0 aliphatic carbocycles. The first-order valence-corrected chi connectivity index (χ1v) is 6.68. The number of carbonyl (C=O) groups is 2. The normalized spacial score (nSPS) is 11.4. The topological polar surface area (TPSA) is 57.2 Å². The van der Waals surface area contributed by atoms with Gasteiger partial charge in [-0.15, -0.1) is 0 Å². The SMILES string of the molecule is CC(CC(=O)c1ccc(-c2ccc(F)cc2F)cc1)C(=O)[O-].[K+]. The van der Waals surface area contributed by atoms with Gasteiger partial charge in [0, 0.05) is 35.5 Å². The smallest absolute Gasteiger partial charge is 0.550 e. The Balaban J connectivity index is 0.00000264. The van der Waals surface area contributed by atoms with Crippen LogP contribution in [0.3, 0.4) is 0 Å². The molecule has 2 rings (SSSR count). The maximum Gasteiger partial charge on any atom is 1.00 e. The zero-order valence-corrected chi connectivity index (χ0v) is 15.9. The van der Waals surface area contributed by atoms with E-state index >= 15 is 0 Å². The van der Waals surface area contributed by atoms with E-state index in [1.54, 1.807) is 0 Å². The molecule has 0 saturated carbocycles. The van der Waals surface area contributed by atoms with Gasteiger partial charge in [-0.1, -0.05) is 31.2 Å². The number of halogens is 2. The van der Waals surface area contributed by atoms with E-state index in [1.165, 1.54) is 37.3 Å². The Hall–Kier alpha value is -0.924. The summed E-state index contributed by atoms with van der Waals surface area (Å²) in [5.74, 6) is -3.84. The summed E-state index contributed by atoms with van der Waals surface area (Å²) in [7, 11) is 0. The number of hydrogen-bond donors (Lipinski definition) is 0. The van der Waals surface area contributed by atoms with E-state index in [4.69, 9.17) is 0 Å². The standard InChI is InChI=1S/C17H14F2O3.K/c1-10(17(21)22)8-16(20)12-4-2-11(3-5-12)14-7-6-13(18)9-15(14)19;/h2-7,9-10H,8H2,1H3,(H,21,22);/q;+1/p-1. The first kappa shape index (κ1) is 20.1. The number of ketones is 1. The molecule has 1 unspecified atom stereocenters. The zero-order chi connectivity index (χ0) is 16.3. The van der Waals surface area contributed by atoms with E-state index in [2.05, 4.69) is 0 Å². The van der Waals surface area contributed by atoms with Crippen molar-refractivity contribution in [2.24, 2.45) is 5.92 Å². The van der Waals surface area contributed by atoms with Crippen LogP contribution in [0.25, 0.3) is 11.1 Å². The summed E-state index contributed by atoms with van der Waals surface area (Å²) in [5.41, 5.74) is 1.06. The molecule has 6 heteroatoms. The third kappa shape index (κ3) is 5.29. The quantitative estimate of drug-likeness (QED) is 0.549. The molecule has 0 heterocycles. The summed E-state index contributed by atoms with van der Waals surface area (Å²) in [4.78, 5) is 22.5. The maximum atomic E-state index is 13.7. The Morgan fingerprint density at radius 1 is 1.09 bits per heavy atom. The second-order valence-corrected chi connectivity index (χ2v) is 5.05. The zero-order valence-electron chi connectivity index (χ0n) is 12.8. The van der Waals surface area contributed by atoms with Crippen LogP contribution in [0.4, 0.5) is 8.78 Å². The van der Waals surface area contributed by atoms with Crippen LogP contribution in [0.5, 0.6) is 0 Å². The average Bonchev–Trinajstić information content (AvgIpc) is 2.47. The number of carboxylic acid groups (broad SMARTS) is 1. The van der Waals surface area contributed by atoms with Gasteiger partial charge in [-0.3, -0.25) is 4.79 Å². The second-order valence-electron chi connectivity index (χ2n) is 5.05. The molecule has 0 N–H and O–H groups in total. The summed E-state index contributed by atoms with van der Waals surface area (Å²) in [6.45, 7) is 1.40. The van der Waals surface area contributed by atoms with Gasteiger partial charge in [0.1, 0.15) is 11.6 Å². The molecule has 3 nitrogen and oxygen atoms in total. The summed E-state index contributed by atoms with van der Waals surface area (Å²) >= 11 is 0. The van der Waals surface area contributed by atoms with Crippen LogP contribution >= 0.6 is 0 Å². The van der Waals surface area contributed by atoms with Gasteiger partial charge in [0.25, 0.3) is 0 Å². The molecule has 0 amide bonds. The number of rotatable bonds is 5. The van der Waals surface area contributed by atoms with Crippen molar-refractivity contribution >= 4 is 11.8 Å². The van der Waals surface area contributed by atoms with Crippen molar-refractivity contribution in [2.45, 2.75) is 13.3 Å². The van der Waals surface area contributed by atoms with Gasteiger partial charge >= 0.3 is 51.4 Å². The summed E-state index contributed by atoms with van der Waals surface area (Å²) in [6, 6.07) is 9.31. The van der Waals surface area contributed by atoms with Gasteiger partial charge in [-0.05, 0) is 17.7 Å². The van der Waals surface area contributed by atoms with E-state index in [9.17, 15) is 23.5 Å². The fraction of sp³-hybridized carbons (Fsp3) is 0.176.